The Kier molecular flexibility index (Phi) is 2.68. The molecule has 0 bridgehead atoms. The van der Waals surface area contributed by atoms with Crippen molar-refractivity contribution in [3.63, 3.8) is 0 Å². The van der Waals surface area contributed by atoms with Gasteiger partial charge in [0.2, 0.25) is 0 Å². The summed E-state index contributed by atoms with van der Waals surface area (Å²) < 4.78 is 1.89. The lowest BCUT2D eigenvalue weighted by Gasteiger charge is -2.02. The standard InChI is InChI=1S/C14H11ClN2O/c15-11-5-3-10(4-6-11)8-14-16-9-12-13(18)2-1-7-17(12)14/h1-7,9,18H,8H2. The Labute approximate surface area is 109 Å². The van der Waals surface area contributed by atoms with Crippen LogP contribution in [0, 0.1) is 0 Å². The van der Waals surface area contributed by atoms with E-state index in [0.29, 0.717) is 6.42 Å². The summed E-state index contributed by atoms with van der Waals surface area (Å²) in [6.07, 6.45) is 4.28. The second-order valence-electron chi connectivity index (χ2n) is 4.13. The van der Waals surface area contributed by atoms with Crippen LogP contribution in [-0.2, 0) is 6.42 Å². The van der Waals surface area contributed by atoms with Gasteiger partial charge in [-0.15, -0.1) is 0 Å². The fraction of sp³-hybridized carbons (Fsp3) is 0.0714. The van der Waals surface area contributed by atoms with E-state index in [1.165, 1.54) is 0 Å². The maximum Gasteiger partial charge on any atom is 0.141 e. The van der Waals surface area contributed by atoms with Crippen LogP contribution < -0.4 is 0 Å². The third kappa shape index (κ3) is 1.93. The number of aromatic nitrogens is 2. The fourth-order valence-electron chi connectivity index (χ4n) is 1.98. The van der Waals surface area contributed by atoms with Crippen LogP contribution in [0.15, 0.2) is 48.8 Å². The molecule has 0 unspecified atom stereocenters. The van der Waals surface area contributed by atoms with Crippen LogP contribution in [0.25, 0.3) is 5.52 Å². The zero-order chi connectivity index (χ0) is 12.5. The average Bonchev–Trinajstić information content (AvgIpc) is 2.77. The van der Waals surface area contributed by atoms with Crippen molar-refractivity contribution < 1.29 is 5.11 Å². The minimum atomic E-state index is 0.243. The highest BCUT2D eigenvalue weighted by molar-refractivity contribution is 6.30. The van der Waals surface area contributed by atoms with Gasteiger partial charge < -0.3 is 9.51 Å². The van der Waals surface area contributed by atoms with E-state index in [9.17, 15) is 5.11 Å². The molecule has 0 aliphatic rings. The SMILES string of the molecule is Oc1cccn2c(Cc3ccc(Cl)cc3)ncc12. The molecule has 0 radical (unpaired) electrons. The lowest BCUT2D eigenvalue weighted by atomic mass is 10.1. The summed E-state index contributed by atoms with van der Waals surface area (Å²) in [5.41, 5.74) is 1.86. The van der Waals surface area contributed by atoms with Gasteiger partial charge in [0, 0.05) is 17.6 Å². The Morgan fingerprint density at radius 1 is 1.17 bits per heavy atom. The van der Waals surface area contributed by atoms with E-state index in [0.717, 1.165) is 21.9 Å². The second-order valence-corrected chi connectivity index (χ2v) is 4.56. The highest BCUT2D eigenvalue weighted by Crippen LogP contribution is 2.20. The van der Waals surface area contributed by atoms with Crippen molar-refractivity contribution in [3.05, 3.63) is 65.2 Å². The summed E-state index contributed by atoms with van der Waals surface area (Å²) in [7, 11) is 0. The number of hydrogen-bond donors (Lipinski definition) is 1. The number of nitrogens with zero attached hydrogens (tertiary/aromatic N) is 2. The number of aromatic hydroxyl groups is 1. The van der Waals surface area contributed by atoms with Gasteiger partial charge in [0.05, 0.1) is 6.20 Å². The maximum absolute atomic E-state index is 9.71. The summed E-state index contributed by atoms with van der Waals surface area (Å²) in [5, 5.41) is 10.4. The van der Waals surface area contributed by atoms with Gasteiger partial charge >= 0.3 is 0 Å². The Balaban J connectivity index is 2.00. The molecule has 2 aromatic heterocycles. The van der Waals surface area contributed by atoms with Gasteiger partial charge in [0.15, 0.2) is 0 Å². The van der Waals surface area contributed by atoms with Gasteiger partial charge in [0.1, 0.15) is 17.1 Å². The molecule has 4 heteroatoms. The number of benzene rings is 1. The first kappa shape index (κ1) is 11.1. The molecule has 0 atom stereocenters. The van der Waals surface area contributed by atoms with E-state index in [2.05, 4.69) is 4.98 Å². The van der Waals surface area contributed by atoms with Crippen molar-refractivity contribution in [2.75, 3.05) is 0 Å². The van der Waals surface area contributed by atoms with E-state index in [1.807, 2.05) is 34.9 Å². The molecule has 3 aromatic rings. The molecule has 0 spiro atoms. The van der Waals surface area contributed by atoms with Gasteiger partial charge in [-0.2, -0.15) is 0 Å². The summed E-state index contributed by atoms with van der Waals surface area (Å²) in [6.45, 7) is 0. The van der Waals surface area contributed by atoms with Crippen molar-refractivity contribution in [1.82, 2.24) is 9.38 Å². The zero-order valence-corrected chi connectivity index (χ0v) is 10.3. The Morgan fingerprint density at radius 3 is 2.72 bits per heavy atom. The van der Waals surface area contributed by atoms with E-state index in [-0.39, 0.29) is 5.75 Å². The molecular formula is C14H11ClN2O. The monoisotopic (exact) mass is 258 g/mol. The molecule has 1 aromatic carbocycles. The molecule has 0 aliphatic carbocycles. The van der Waals surface area contributed by atoms with Gasteiger partial charge in [-0.1, -0.05) is 23.7 Å². The molecule has 3 nitrogen and oxygen atoms in total. The topological polar surface area (TPSA) is 37.5 Å². The molecule has 90 valence electrons. The lowest BCUT2D eigenvalue weighted by Crippen LogP contribution is -1.95. The second kappa shape index (κ2) is 4.35. The van der Waals surface area contributed by atoms with Crippen LogP contribution in [0.5, 0.6) is 5.75 Å². The van der Waals surface area contributed by atoms with Crippen LogP contribution in [0.2, 0.25) is 5.02 Å². The third-order valence-electron chi connectivity index (χ3n) is 2.90. The highest BCUT2D eigenvalue weighted by Gasteiger charge is 2.07. The molecule has 0 amide bonds. The van der Waals surface area contributed by atoms with E-state index >= 15 is 0 Å². The Morgan fingerprint density at radius 2 is 1.94 bits per heavy atom. The van der Waals surface area contributed by atoms with Crippen molar-refractivity contribution >= 4 is 17.1 Å². The number of imidazole rings is 1. The fourth-order valence-corrected chi connectivity index (χ4v) is 2.10. The predicted molar refractivity (Wildman–Crippen MR) is 71.1 cm³/mol. The number of hydrogen-bond acceptors (Lipinski definition) is 2. The van der Waals surface area contributed by atoms with Crippen LogP contribution in [0.4, 0.5) is 0 Å². The summed E-state index contributed by atoms with van der Waals surface area (Å²) in [6, 6.07) is 11.1. The number of halogens is 1. The first-order valence-corrected chi connectivity index (χ1v) is 6.00. The van der Waals surface area contributed by atoms with E-state index < -0.39 is 0 Å². The van der Waals surface area contributed by atoms with Crippen LogP contribution in [0.3, 0.4) is 0 Å². The number of pyridine rings is 1. The molecule has 0 saturated carbocycles. The van der Waals surface area contributed by atoms with E-state index in [4.69, 9.17) is 11.6 Å². The molecule has 18 heavy (non-hydrogen) atoms. The smallest absolute Gasteiger partial charge is 0.141 e. The maximum atomic E-state index is 9.71. The van der Waals surface area contributed by atoms with Crippen molar-refractivity contribution in [2.45, 2.75) is 6.42 Å². The molecule has 0 fully saturated rings. The molecule has 2 heterocycles. The largest absolute Gasteiger partial charge is 0.506 e. The van der Waals surface area contributed by atoms with Gasteiger partial charge in [-0.3, -0.25) is 0 Å². The highest BCUT2D eigenvalue weighted by atomic mass is 35.5. The third-order valence-corrected chi connectivity index (χ3v) is 3.15. The lowest BCUT2D eigenvalue weighted by molar-refractivity contribution is 0.479. The van der Waals surface area contributed by atoms with Gasteiger partial charge in [-0.25, -0.2) is 4.98 Å². The Bertz CT molecular complexity index is 689. The quantitative estimate of drug-likeness (QED) is 0.766. The average molecular weight is 259 g/mol. The molecular weight excluding hydrogens is 248 g/mol. The van der Waals surface area contributed by atoms with Crippen molar-refractivity contribution in [2.24, 2.45) is 0 Å². The van der Waals surface area contributed by atoms with Crippen molar-refractivity contribution in [1.29, 1.82) is 0 Å². The minimum Gasteiger partial charge on any atom is -0.506 e. The number of rotatable bonds is 2. The van der Waals surface area contributed by atoms with E-state index in [1.54, 1.807) is 18.3 Å². The molecule has 1 N–H and O–H groups in total. The summed E-state index contributed by atoms with van der Waals surface area (Å²) in [4.78, 5) is 4.34. The minimum absolute atomic E-state index is 0.243. The predicted octanol–water partition coefficient (Wildman–Crippen LogP) is 3.28. The zero-order valence-electron chi connectivity index (χ0n) is 9.55. The van der Waals surface area contributed by atoms with Gasteiger partial charge in [-0.05, 0) is 29.8 Å². The Hall–Kier alpha value is -2.00. The summed E-state index contributed by atoms with van der Waals surface area (Å²) >= 11 is 5.86. The van der Waals surface area contributed by atoms with Gasteiger partial charge in [0.25, 0.3) is 0 Å². The molecule has 0 aliphatic heterocycles. The van der Waals surface area contributed by atoms with Crippen LogP contribution in [0.1, 0.15) is 11.4 Å². The summed E-state index contributed by atoms with van der Waals surface area (Å²) in [5.74, 6) is 1.13. The molecule has 0 saturated heterocycles. The van der Waals surface area contributed by atoms with Crippen LogP contribution in [-0.4, -0.2) is 14.5 Å². The molecule has 3 rings (SSSR count). The van der Waals surface area contributed by atoms with Crippen LogP contribution >= 0.6 is 11.6 Å². The first-order chi connectivity index (χ1) is 8.74. The normalized spacial score (nSPS) is 10.9. The van der Waals surface area contributed by atoms with Crippen molar-refractivity contribution in [3.8, 4) is 5.75 Å². The number of fused-ring (bicyclic) bond motifs is 1. The first-order valence-electron chi connectivity index (χ1n) is 5.62.